The van der Waals surface area contributed by atoms with Crippen molar-refractivity contribution in [1.29, 1.82) is 0 Å². The molecule has 2 heterocycles. The highest BCUT2D eigenvalue weighted by molar-refractivity contribution is 8.00. The summed E-state index contributed by atoms with van der Waals surface area (Å²) in [5, 5.41) is 4.27. The second-order valence-electron chi connectivity index (χ2n) is 10.2. The van der Waals surface area contributed by atoms with E-state index in [0.717, 1.165) is 46.6 Å². The molecule has 1 aliphatic rings. The van der Waals surface area contributed by atoms with Crippen molar-refractivity contribution in [2.45, 2.75) is 50.4 Å². The third-order valence-electron chi connectivity index (χ3n) is 7.01. The van der Waals surface area contributed by atoms with Crippen molar-refractivity contribution in [2.24, 2.45) is 5.92 Å². The van der Waals surface area contributed by atoms with Gasteiger partial charge in [0, 0.05) is 35.4 Å². The fraction of sp³-hybridized carbons (Fsp3) is 0.345. The Kier molecular flexibility index (Phi) is 7.58. The molecule has 0 spiro atoms. The van der Waals surface area contributed by atoms with Gasteiger partial charge in [-0.05, 0) is 86.6 Å². The van der Waals surface area contributed by atoms with Gasteiger partial charge in [-0.25, -0.2) is 4.98 Å². The summed E-state index contributed by atoms with van der Waals surface area (Å²) in [7, 11) is 3.95. The van der Waals surface area contributed by atoms with Crippen LogP contribution in [0, 0.1) is 12.8 Å². The topological polar surface area (TPSA) is 67.2 Å². The van der Waals surface area contributed by atoms with Gasteiger partial charge in [-0.15, -0.1) is 11.3 Å². The maximum atomic E-state index is 14.1. The van der Waals surface area contributed by atoms with E-state index in [-0.39, 0.29) is 11.5 Å². The molecule has 9 heteroatoms. The van der Waals surface area contributed by atoms with E-state index in [9.17, 15) is 9.59 Å². The summed E-state index contributed by atoms with van der Waals surface area (Å²) < 4.78 is 1.62. The number of aryl methyl sites for hydroxylation is 2. The van der Waals surface area contributed by atoms with Crippen molar-refractivity contribution in [3.63, 3.8) is 0 Å². The Bertz CT molecular complexity index is 1580. The van der Waals surface area contributed by atoms with Crippen LogP contribution in [-0.2, 0) is 17.6 Å². The number of fused-ring (bicyclic) bond motifs is 3. The molecule has 0 bridgehead atoms. The van der Waals surface area contributed by atoms with Crippen LogP contribution in [0.5, 0.6) is 0 Å². The van der Waals surface area contributed by atoms with E-state index in [1.165, 1.54) is 16.6 Å². The smallest absolute Gasteiger partial charge is 0.267 e. The average Bonchev–Trinajstić information content (AvgIpc) is 3.23. The van der Waals surface area contributed by atoms with Gasteiger partial charge in [0.2, 0.25) is 5.91 Å². The third-order valence-corrected chi connectivity index (χ3v) is 9.62. The van der Waals surface area contributed by atoms with E-state index in [2.05, 4.69) is 12.2 Å². The van der Waals surface area contributed by atoms with Crippen LogP contribution in [-0.4, -0.2) is 34.8 Å². The van der Waals surface area contributed by atoms with Crippen molar-refractivity contribution in [2.75, 3.05) is 24.3 Å². The fourth-order valence-corrected chi connectivity index (χ4v) is 7.22. The predicted molar refractivity (Wildman–Crippen MR) is 161 cm³/mol. The number of hydrogen-bond donors (Lipinski definition) is 1. The van der Waals surface area contributed by atoms with E-state index in [4.69, 9.17) is 16.6 Å². The molecule has 1 N–H and O–H groups in total. The van der Waals surface area contributed by atoms with Gasteiger partial charge < -0.3 is 10.2 Å². The number of halogens is 1. The summed E-state index contributed by atoms with van der Waals surface area (Å²) >= 11 is 9.36. The lowest BCUT2D eigenvalue weighted by molar-refractivity contribution is -0.115. The molecule has 38 heavy (non-hydrogen) atoms. The van der Waals surface area contributed by atoms with Crippen molar-refractivity contribution in [3.05, 3.63) is 73.8 Å². The van der Waals surface area contributed by atoms with Gasteiger partial charge in [-0.1, -0.05) is 36.4 Å². The van der Waals surface area contributed by atoms with Crippen molar-refractivity contribution in [3.8, 4) is 5.69 Å². The number of carbonyl (C=O) groups excluding carboxylic acids is 1. The number of benzene rings is 2. The normalized spacial score (nSPS) is 15.8. The minimum absolute atomic E-state index is 0.101. The number of hydrogen-bond acceptors (Lipinski definition) is 6. The summed E-state index contributed by atoms with van der Waals surface area (Å²) in [6.07, 6.45) is 2.93. The Morgan fingerprint density at radius 3 is 2.66 bits per heavy atom. The van der Waals surface area contributed by atoms with Gasteiger partial charge in [-0.2, -0.15) is 0 Å². The van der Waals surface area contributed by atoms with Crippen molar-refractivity contribution >= 4 is 62.2 Å². The molecule has 2 aromatic heterocycles. The van der Waals surface area contributed by atoms with E-state index >= 15 is 0 Å². The van der Waals surface area contributed by atoms with Crippen LogP contribution in [0.25, 0.3) is 15.9 Å². The number of aromatic nitrogens is 2. The van der Waals surface area contributed by atoms with Crippen molar-refractivity contribution < 1.29 is 4.79 Å². The highest BCUT2D eigenvalue weighted by Crippen LogP contribution is 2.37. The molecule has 0 radical (unpaired) electrons. The first-order valence-electron chi connectivity index (χ1n) is 12.7. The van der Waals surface area contributed by atoms with Crippen LogP contribution in [0.1, 0.15) is 36.3 Å². The van der Waals surface area contributed by atoms with Gasteiger partial charge >= 0.3 is 0 Å². The SMILES string of the molecule is Cc1ccc(-n2c(S[C@H](C)C(=O)Nc3ccc(N(C)C)cc3)nc3sc4c(c3c2=O)CC[C@@H](C)C4)cc1Cl. The third kappa shape index (κ3) is 5.22. The number of nitrogens with one attached hydrogen (secondary N) is 1. The lowest BCUT2D eigenvalue weighted by Crippen LogP contribution is -2.26. The summed E-state index contributed by atoms with van der Waals surface area (Å²) in [5.74, 6) is 0.438. The van der Waals surface area contributed by atoms with E-state index in [1.54, 1.807) is 22.0 Å². The Morgan fingerprint density at radius 2 is 1.97 bits per heavy atom. The van der Waals surface area contributed by atoms with Crippen LogP contribution >= 0.6 is 34.7 Å². The molecule has 6 nitrogen and oxygen atoms in total. The average molecular weight is 567 g/mol. The Morgan fingerprint density at radius 1 is 1.24 bits per heavy atom. The monoisotopic (exact) mass is 566 g/mol. The molecule has 0 saturated heterocycles. The lowest BCUT2D eigenvalue weighted by atomic mass is 9.89. The first kappa shape index (κ1) is 26.8. The van der Waals surface area contributed by atoms with E-state index in [0.29, 0.717) is 27.2 Å². The predicted octanol–water partition coefficient (Wildman–Crippen LogP) is 6.72. The first-order chi connectivity index (χ1) is 18.1. The highest BCUT2D eigenvalue weighted by atomic mass is 35.5. The molecule has 1 amide bonds. The van der Waals surface area contributed by atoms with Crippen LogP contribution in [0.3, 0.4) is 0 Å². The summed E-state index contributed by atoms with van der Waals surface area (Å²) in [6, 6.07) is 13.3. The van der Waals surface area contributed by atoms with Crippen molar-refractivity contribution in [1.82, 2.24) is 9.55 Å². The van der Waals surface area contributed by atoms with Gasteiger partial charge in [-0.3, -0.25) is 14.2 Å². The van der Waals surface area contributed by atoms with Crippen LogP contribution in [0.2, 0.25) is 5.02 Å². The molecular formula is C29H31ClN4O2S2. The van der Waals surface area contributed by atoms with Gasteiger partial charge in [0.05, 0.1) is 16.3 Å². The highest BCUT2D eigenvalue weighted by Gasteiger charge is 2.27. The Labute approximate surface area is 236 Å². The molecule has 0 saturated carbocycles. The Hall–Kier alpha value is -2.81. The number of thioether (sulfide) groups is 1. The van der Waals surface area contributed by atoms with Crippen LogP contribution in [0.15, 0.2) is 52.4 Å². The number of nitrogens with zero attached hydrogens (tertiary/aromatic N) is 3. The molecule has 0 unspecified atom stereocenters. The molecule has 4 aromatic rings. The number of rotatable bonds is 6. The van der Waals surface area contributed by atoms with Crippen LogP contribution < -0.4 is 15.8 Å². The Balaban J connectivity index is 1.53. The summed E-state index contributed by atoms with van der Waals surface area (Å²) in [4.78, 5) is 36.2. The minimum atomic E-state index is -0.491. The molecular weight excluding hydrogens is 536 g/mol. The quantitative estimate of drug-likeness (QED) is 0.207. The second kappa shape index (κ2) is 10.8. The zero-order valence-electron chi connectivity index (χ0n) is 22.2. The fourth-order valence-electron chi connectivity index (χ4n) is 4.70. The summed E-state index contributed by atoms with van der Waals surface area (Å²) in [5.41, 5.74) is 4.39. The molecule has 2 atom stereocenters. The second-order valence-corrected chi connectivity index (χ2v) is 13.0. The number of carbonyl (C=O) groups is 1. The number of thiophene rings is 1. The number of amides is 1. The standard InChI is InChI=1S/C29H31ClN4O2S2/c1-16-6-13-22-24(14-16)38-27-25(22)28(36)34(21-10-7-17(2)23(30)15-21)29(32-27)37-18(3)26(35)31-19-8-11-20(12-9-19)33(4)5/h7-12,15-16,18H,6,13-14H2,1-5H3,(H,31,35)/t16-,18-/m1/s1. The van der Waals surface area contributed by atoms with Gasteiger partial charge in [0.1, 0.15) is 4.83 Å². The van der Waals surface area contributed by atoms with E-state index in [1.807, 2.05) is 69.2 Å². The number of anilines is 2. The first-order valence-corrected chi connectivity index (χ1v) is 14.8. The molecule has 198 valence electrons. The lowest BCUT2D eigenvalue weighted by Gasteiger charge is -2.18. The maximum Gasteiger partial charge on any atom is 0.267 e. The molecule has 2 aromatic carbocycles. The molecule has 0 aliphatic heterocycles. The van der Waals surface area contributed by atoms with Gasteiger partial charge in [0.15, 0.2) is 5.16 Å². The largest absolute Gasteiger partial charge is 0.378 e. The van der Waals surface area contributed by atoms with Crippen LogP contribution in [0.4, 0.5) is 11.4 Å². The maximum absolute atomic E-state index is 14.1. The summed E-state index contributed by atoms with van der Waals surface area (Å²) in [6.45, 7) is 6.01. The minimum Gasteiger partial charge on any atom is -0.378 e. The molecule has 1 aliphatic carbocycles. The molecule has 0 fully saturated rings. The molecule has 5 rings (SSSR count). The zero-order chi connectivity index (χ0) is 27.1. The zero-order valence-corrected chi connectivity index (χ0v) is 24.6. The van der Waals surface area contributed by atoms with E-state index < -0.39 is 5.25 Å². The van der Waals surface area contributed by atoms with Gasteiger partial charge in [0.25, 0.3) is 5.56 Å².